The van der Waals surface area contributed by atoms with Crippen LogP contribution < -0.4 is 5.73 Å². The Morgan fingerprint density at radius 1 is 1.29 bits per heavy atom. The van der Waals surface area contributed by atoms with Crippen molar-refractivity contribution in [2.45, 2.75) is 25.8 Å². The molecule has 0 aliphatic carbocycles. The molecule has 5 nitrogen and oxygen atoms in total. The number of piperazine rings is 1. The summed E-state index contributed by atoms with van der Waals surface area (Å²) < 4.78 is 0. The fourth-order valence-electron chi connectivity index (χ4n) is 2.95. The molecule has 5 heteroatoms. The second-order valence-electron chi connectivity index (χ2n) is 5.48. The van der Waals surface area contributed by atoms with Crippen molar-refractivity contribution in [3.05, 3.63) is 29.8 Å². The number of carbonyl (C=O) groups excluding carboxylic acids is 1. The molecule has 1 unspecified atom stereocenters. The molecular weight excluding hydrogens is 266 g/mol. The lowest BCUT2D eigenvalue weighted by molar-refractivity contribution is 0.0554. The number of benzene rings is 1. The number of hydrogen-bond donors (Lipinski definition) is 2. The third kappa shape index (κ3) is 3.74. The van der Waals surface area contributed by atoms with Crippen LogP contribution in [0.3, 0.4) is 0 Å². The molecule has 1 aliphatic heterocycles. The van der Waals surface area contributed by atoms with Crippen molar-refractivity contribution < 1.29 is 9.90 Å². The molecule has 0 radical (unpaired) electrons. The second-order valence-corrected chi connectivity index (χ2v) is 5.48. The number of hydrogen-bond acceptors (Lipinski definition) is 4. The number of phenols is 1. The number of rotatable bonds is 5. The van der Waals surface area contributed by atoms with Gasteiger partial charge in [0, 0.05) is 32.2 Å². The first-order valence-corrected chi connectivity index (χ1v) is 7.68. The van der Waals surface area contributed by atoms with Gasteiger partial charge in [0.25, 0.3) is 5.91 Å². The zero-order valence-corrected chi connectivity index (χ0v) is 12.7. The topological polar surface area (TPSA) is 69.8 Å². The van der Waals surface area contributed by atoms with Crippen LogP contribution >= 0.6 is 0 Å². The molecule has 1 atom stereocenters. The Bertz CT molecular complexity index is 470. The first-order valence-electron chi connectivity index (χ1n) is 7.68. The van der Waals surface area contributed by atoms with Crippen LogP contribution in [0.2, 0.25) is 0 Å². The Morgan fingerprint density at radius 2 is 1.95 bits per heavy atom. The molecule has 1 amide bonds. The van der Waals surface area contributed by atoms with Gasteiger partial charge in [0.15, 0.2) is 0 Å². The van der Waals surface area contributed by atoms with Crippen LogP contribution in [-0.2, 0) is 0 Å². The molecule has 1 aromatic rings. The predicted molar refractivity (Wildman–Crippen MR) is 83.3 cm³/mol. The van der Waals surface area contributed by atoms with Crippen molar-refractivity contribution in [3.63, 3.8) is 0 Å². The molecule has 116 valence electrons. The van der Waals surface area contributed by atoms with Crippen molar-refractivity contribution in [1.82, 2.24) is 9.80 Å². The van der Waals surface area contributed by atoms with Gasteiger partial charge in [-0.3, -0.25) is 9.69 Å². The van der Waals surface area contributed by atoms with Gasteiger partial charge in [-0.25, -0.2) is 0 Å². The molecule has 1 aromatic carbocycles. The molecule has 0 saturated carbocycles. The monoisotopic (exact) mass is 291 g/mol. The summed E-state index contributed by atoms with van der Waals surface area (Å²) in [5.74, 6) is -0.0286. The van der Waals surface area contributed by atoms with E-state index in [1.54, 1.807) is 24.3 Å². The van der Waals surface area contributed by atoms with E-state index in [1.165, 1.54) is 0 Å². The molecule has 1 aliphatic rings. The molecule has 0 spiro atoms. The molecule has 2 rings (SSSR count). The lowest BCUT2D eigenvalue weighted by Crippen LogP contribution is -2.52. The van der Waals surface area contributed by atoms with Crippen LogP contribution in [0.4, 0.5) is 0 Å². The van der Waals surface area contributed by atoms with E-state index in [-0.39, 0.29) is 11.7 Å². The lowest BCUT2D eigenvalue weighted by Gasteiger charge is -2.39. The maximum atomic E-state index is 12.4. The predicted octanol–water partition coefficient (Wildman–Crippen LogP) is 1.28. The van der Waals surface area contributed by atoms with Gasteiger partial charge in [-0.05, 0) is 31.5 Å². The Kier molecular flexibility index (Phi) is 5.59. The number of aromatic hydroxyl groups is 1. The van der Waals surface area contributed by atoms with E-state index in [0.717, 1.165) is 25.9 Å². The number of amides is 1. The SMILES string of the molecule is CCC(CCN)N1CCN(C(=O)c2ccccc2O)CC1. The van der Waals surface area contributed by atoms with Crippen molar-refractivity contribution in [2.75, 3.05) is 32.7 Å². The summed E-state index contributed by atoms with van der Waals surface area (Å²) in [6.45, 7) is 6.04. The maximum absolute atomic E-state index is 12.4. The van der Waals surface area contributed by atoms with Crippen LogP contribution in [-0.4, -0.2) is 59.6 Å². The number of carbonyl (C=O) groups is 1. The van der Waals surface area contributed by atoms with Gasteiger partial charge in [-0.2, -0.15) is 0 Å². The summed E-state index contributed by atoms with van der Waals surface area (Å²) in [5.41, 5.74) is 6.05. The maximum Gasteiger partial charge on any atom is 0.257 e. The Morgan fingerprint density at radius 3 is 2.52 bits per heavy atom. The van der Waals surface area contributed by atoms with Crippen LogP contribution in [0, 0.1) is 0 Å². The highest BCUT2D eigenvalue weighted by Crippen LogP contribution is 2.19. The largest absolute Gasteiger partial charge is 0.507 e. The standard InChI is InChI=1S/C16H25N3O2/c1-2-13(7-8-17)18-9-11-19(12-10-18)16(21)14-5-3-4-6-15(14)20/h3-6,13,20H,2,7-12,17H2,1H3. The van der Waals surface area contributed by atoms with Crippen molar-refractivity contribution in [2.24, 2.45) is 5.73 Å². The van der Waals surface area contributed by atoms with E-state index >= 15 is 0 Å². The summed E-state index contributed by atoms with van der Waals surface area (Å²) in [6.07, 6.45) is 2.09. The summed E-state index contributed by atoms with van der Waals surface area (Å²) in [4.78, 5) is 16.7. The van der Waals surface area contributed by atoms with Crippen LogP contribution in [0.1, 0.15) is 30.1 Å². The minimum Gasteiger partial charge on any atom is -0.507 e. The summed E-state index contributed by atoms with van der Waals surface area (Å²) in [5, 5.41) is 9.79. The van der Waals surface area contributed by atoms with Gasteiger partial charge in [0.1, 0.15) is 5.75 Å². The number of para-hydroxylation sites is 1. The second kappa shape index (κ2) is 7.43. The van der Waals surface area contributed by atoms with Crippen molar-refractivity contribution >= 4 is 5.91 Å². The van der Waals surface area contributed by atoms with Gasteiger partial charge < -0.3 is 15.7 Å². The van der Waals surface area contributed by atoms with Gasteiger partial charge in [0.05, 0.1) is 5.56 Å². The molecule has 1 fully saturated rings. The Hall–Kier alpha value is -1.59. The Balaban J connectivity index is 1.95. The van der Waals surface area contributed by atoms with Gasteiger partial charge >= 0.3 is 0 Å². The van der Waals surface area contributed by atoms with Crippen LogP contribution in [0.5, 0.6) is 5.75 Å². The summed E-state index contributed by atoms with van der Waals surface area (Å²) in [7, 11) is 0. The smallest absolute Gasteiger partial charge is 0.257 e. The highest BCUT2D eigenvalue weighted by molar-refractivity contribution is 5.96. The van der Waals surface area contributed by atoms with Gasteiger partial charge in [-0.15, -0.1) is 0 Å². The highest BCUT2D eigenvalue weighted by atomic mass is 16.3. The quantitative estimate of drug-likeness (QED) is 0.857. The van der Waals surface area contributed by atoms with Crippen molar-refractivity contribution in [1.29, 1.82) is 0 Å². The zero-order chi connectivity index (χ0) is 15.2. The number of nitrogens with zero attached hydrogens (tertiary/aromatic N) is 2. The molecule has 0 aromatic heterocycles. The van der Waals surface area contributed by atoms with Gasteiger partial charge in [0.2, 0.25) is 0 Å². The van der Waals surface area contributed by atoms with Gasteiger partial charge in [-0.1, -0.05) is 19.1 Å². The molecular formula is C16H25N3O2. The molecule has 0 bridgehead atoms. The van der Waals surface area contributed by atoms with E-state index in [0.29, 0.717) is 31.2 Å². The summed E-state index contributed by atoms with van der Waals surface area (Å²) >= 11 is 0. The minimum atomic E-state index is -0.0837. The number of nitrogens with two attached hydrogens (primary N) is 1. The molecule has 1 saturated heterocycles. The molecule has 1 heterocycles. The van der Waals surface area contributed by atoms with E-state index in [1.807, 2.05) is 4.90 Å². The highest BCUT2D eigenvalue weighted by Gasteiger charge is 2.26. The molecule has 3 N–H and O–H groups in total. The fourth-order valence-corrected chi connectivity index (χ4v) is 2.95. The summed E-state index contributed by atoms with van der Waals surface area (Å²) in [6, 6.07) is 7.24. The lowest BCUT2D eigenvalue weighted by atomic mass is 10.1. The van der Waals surface area contributed by atoms with E-state index in [2.05, 4.69) is 11.8 Å². The van der Waals surface area contributed by atoms with Crippen molar-refractivity contribution in [3.8, 4) is 5.75 Å². The third-order valence-electron chi connectivity index (χ3n) is 4.22. The van der Waals surface area contributed by atoms with E-state index < -0.39 is 0 Å². The van der Waals surface area contributed by atoms with E-state index in [4.69, 9.17) is 5.73 Å². The Labute approximate surface area is 126 Å². The van der Waals surface area contributed by atoms with Crippen LogP contribution in [0.25, 0.3) is 0 Å². The minimum absolute atomic E-state index is 0.0551. The third-order valence-corrected chi connectivity index (χ3v) is 4.22. The van der Waals surface area contributed by atoms with Crippen LogP contribution in [0.15, 0.2) is 24.3 Å². The normalized spacial score (nSPS) is 17.7. The molecule has 21 heavy (non-hydrogen) atoms. The van der Waals surface area contributed by atoms with E-state index in [9.17, 15) is 9.90 Å². The number of phenolic OH excluding ortho intramolecular Hbond substituents is 1. The average molecular weight is 291 g/mol. The zero-order valence-electron chi connectivity index (χ0n) is 12.7. The average Bonchev–Trinajstić information content (AvgIpc) is 2.52. The fraction of sp³-hybridized carbons (Fsp3) is 0.562. The first-order chi connectivity index (χ1) is 10.2. The first kappa shape index (κ1) is 15.8.